The molecule has 6 heteroatoms. The summed E-state index contributed by atoms with van der Waals surface area (Å²) in [5.41, 5.74) is 0.846. The molecule has 0 unspecified atom stereocenters. The Morgan fingerprint density at radius 1 is 1.24 bits per heavy atom. The van der Waals surface area contributed by atoms with Crippen LogP contribution in [0, 0.1) is 0 Å². The molecule has 0 spiro atoms. The fraction of sp³-hybridized carbons (Fsp3) is 0.364. The van der Waals surface area contributed by atoms with Gasteiger partial charge in [-0.15, -0.1) is 3.89 Å². The van der Waals surface area contributed by atoms with Gasteiger partial charge < -0.3 is 4.74 Å². The van der Waals surface area contributed by atoms with Gasteiger partial charge in [-0.25, -0.2) is 0 Å². The molecule has 0 aromatic heterocycles. The molecule has 0 atom stereocenters. The van der Waals surface area contributed by atoms with Gasteiger partial charge in [0.05, 0.1) is 5.75 Å². The molecule has 0 fully saturated rings. The lowest BCUT2D eigenvalue weighted by atomic mass is 10.2. The van der Waals surface area contributed by atoms with Crippen molar-refractivity contribution in [1.82, 2.24) is 0 Å². The van der Waals surface area contributed by atoms with Gasteiger partial charge in [0, 0.05) is 6.42 Å². The summed E-state index contributed by atoms with van der Waals surface area (Å²) in [7, 11) is -4.49. The van der Waals surface area contributed by atoms with E-state index in [1.165, 1.54) is 0 Å². The summed E-state index contributed by atoms with van der Waals surface area (Å²) in [6.45, 7) is 0.141. The van der Waals surface area contributed by atoms with Crippen molar-refractivity contribution in [2.24, 2.45) is 0 Å². The molecule has 94 valence electrons. The highest BCUT2D eigenvalue weighted by molar-refractivity contribution is 7.86. The van der Waals surface area contributed by atoms with E-state index in [1.807, 2.05) is 18.2 Å². The Kier molecular flexibility index (Phi) is 5.09. The highest BCUT2D eigenvalue weighted by atomic mass is 32.3. The van der Waals surface area contributed by atoms with Gasteiger partial charge in [0.1, 0.15) is 6.61 Å². The fourth-order valence-electron chi connectivity index (χ4n) is 1.20. The fourth-order valence-corrected chi connectivity index (χ4v) is 1.69. The second-order valence-electron chi connectivity index (χ2n) is 3.49. The Labute approximate surface area is 99.6 Å². The van der Waals surface area contributed by atoms with Crippen molar-refractivity contribution >= 4 is 16.2 Å². The van der Waals surface area contributed by atoms with Crippen molar-refractivity contribution in [3.63, 3.8) is 0 Å². The van der Waals surface area contributed by atoms with Crippen LogP contribution >= 0.6 is 0 Å². The van der Waals surface area contributed by atoms with Gasteiger partial charge in [-0.3, -0.25) is 4.79 Å². The van der Waals surface area contributed by atoms with Crippen molar-refractivity contribution in [3.05, 3.63) is 35.9 Å². The molecule has 1 aromatic rings. The van der Waals surface area contributed by atoms with Crippen LogP contribution in [0.15, 0.2) is 30.3 Å². The predicted molar refractivity (Wildman–Crippen MR) is 60.4 cm³/mol. The Morgan fingerprint density at radius 2 is 1.88 bits per heavy atom. The van der Waals surface area contributed by atoms with Crippen LogP contribution in [-0.4, -0.2) is 20.1 Å². The number of ether oxygens (including phenoxy) is 1. The molecule has 0 saturated carbocycles. The zero-order valence-corrected chi connectivity index (χ0v) is 9.95. The van der Waals surface area contributed by atoms with Crippen LogP contribution in [0.3, 0.4) is 0 Å². The number of rotatable bonds is 6. The normalized spacial score (nSPS) is 11.1. The molecule has 0 N–H and O–H groups in total. The van der Waals surface area contributed by atoms with E-state index < -0.39 is 21.9 Å². The third-order valence-corrected chi connectivity index (χ3v) is 2.79. The lowest BCUT2D eigenvalue weighted by molar-refractivity contribution is -0.144. The first-order valence-corrected chi connectivity index (χ1v) is 6.64. The van der Waals surface area contributed by atoms with Gasteiger partial charge in [0.15, 0.2) is 0 Å². The molecule has 4 nitrogen and oxygen atoms in total. The highest BCUT2D eigenvalue weighted by Crippen LogP contribution is 2.04. The molecule has 0 aliphatic heterocycles. The van der Waals surface area contributed by atoms with Crippen LogP contribution < -0.4 is 0 Å². The van der Waals surface area contributed by atoms with Crippen molar-refractivity contribution in [3.8, 4) is 0 Å². The first-order valence-electron chi connectivity index (χ1n) is 5.09. The Balaban J connectivity index is 2.22. The summed E-state index contributed by atoms with van der Waals surface area (Å²) < 4.78 is 37.3. The van der Waals surface area contributed by atoms with Crippen molar-refractivity contribution < 1.29 is 21.8 Å². The molecule has 0 saturated heterocycles. The SMILES string of the molecule is O=C(CCCS(=O)(=O)F)OCc1ccccc1. The average Bonchev–Trinajstić information content (AvgIpc) is 2.26. The minimum Gasteiger partial charge on any atom is -0.461 e. The van der Waals surface area contributed by atoms with E-state index in [0.717, 1.165) is 5.56 Å². The molecular formula is C11H13FO4S. The first-order chi connectivity index (χ1) is 7.97. The van der Waals surface area contributed by atoms with Gasteiger partial charge in [-0.05, 0) is 12.0 Å². The summed E-state index contributed by atoms with van der Waals surface area (Å²) in [6, 6.07) is 9.09. The molecule has 0 amide bonds. The maximum absolute atomic E-state index is 12.1. The van der Waals surface area contributed by atoms with E-state index in [1.54, 1.807) is 12.1 Å². The summed E-state index contributed by atoms with van der Waals surface area (Å²) in [6.07, 6.45) is -0.164. The number of carbonyl (C=O) groups excluding carboxylic acids is 1. The van der Waals surface area contributed by atoms with Gasteiger partial charge in [-0.2, -0.15) is 8.42 Å². The zero-order valence-electron chi connectivity index (χ0n) is 9.13. The van der Waals surface area contributed by atoms with Gasteiger partial charge in [-0.1, -0.05) is 30.3 Å². The van der Waals surface area contributed by atoms with Gasteiger partial charge in [0.25, 0.3) is 0 Å². The van der Waals surface area contributed by atoms with Crippen LogP contribution in [0.4, 0.5) is 3.89 Å². The second kappa shape index (κ2) is 6.34. The summed E-state index contributed by atoms with van der Waals surface area (Å²) in [5, 5.41) is 0. The largest absolute Gasteiger partial charge is 0.461 e. The lowest BCUT2D eigenvalue weighted by Gasteiger charge is -2.03. The number of hydrogen-bond donors (Lipinski definition) is 0. The highest BCUT2D eigenvalue weighted by Gasteiger charge is 2.09. The maximum Gasteiger partial charge on any atom is 0.306 e. The molecule has 0 aliphatic carbocycles. The summed E-state index contributed by atoms with van der Waals surface area (Å²) >= 11 is 0. The Bertz CT molecular complexity index is 456. The van der Waals surface area contributed by atoms with Gasteiger partial charge in [0.2, 0.25) is 0 Å². The number of hydrogen-bond acceptors (Lipinski definition) is 4. The lowest BCUT2D eigenvalue weighted by Crippen LogP contribution is -2.07. The maximum atomic E-state index is 12.1. The van der Waals surface area contributed by atoms with Crippen LogP contribution in [0.1, 0.15) is 18.4 Å². The molecule has 0 bridgehead atoms. The van der Waals surface area contributed by atoms with Crippen LogP contribution in [0.5, 0.6) is 0 Å². The average molecular weight is 260 g/mol. The monoisotopic (exact) mass is 260 g/mol. The third-order valence-electron chi connectivity index (χ3n) is 2.01. The zero-order chi connectivity index (χ0) is 12.7. The van der Waals surface area contributed by atoms with E-state index in [9.17, 15) is 17.1 Å². The quantitative estimate of drug-likeness (QED) is 0.578. The van der Waals surface area contributed by atoms with E-state index in [2.05, 4.69) is 0 Å². The van der Waals surface area contributed by atoms with E-state index >= 15 is 0 Å². The van der Waals surface area contributed by atoms with Crippen LogP contribution in [0.2, 0.25) is 0 Å². The van der Waals surface area contributed by atoms with E-state index in [4.69, 9.17) is 4.74 Å². The number of benzene rings is 1. The number of carbonyl (C=O) groups is 1. The van der Waals surface area contributed by atoms with Crippen molar-refractivity contribution in [1.29, 1.82) is 0 Å². The molecular weight excluding hydrogens is 247 g/mol. The summed E-state index contributed by atoms with van der Waals surface area (Å²) in [4.78, 5) is 11.2. The topological polar surface area (TPSA) is 60.4 Å². The number of halogens is 1. The predicted octanol–water partition coefficient (Wildman–Crippen LogP) is 1.81. The van der Waals surface area contributed by atoms with E-state index in [0.29, 0.717) is 0 Å². The Hall–Kier alpha value is -1.43. The Morgan fingerprint density at radius 3 is 2.47 bits per heavy atom. The van der Waals surface area contributed by atoms with Crippen LogP contribution in [0.25, 0.3) is 0 Å². The molecule has 1 aromatic carbocycles. The smallest absolute Gasteiger partial charge is 0.306 e. The molecule has 0 aliphatic rings. The van der Waals surface area contributed by atoms with Crippen LogP contribution in [-0.2, 0) is 26.4 Å². The third kappa shape index (κ3) is 6.68. The molecule has 0 radical (unpaired) electrons. The molecule has 0 heterocycles. The van der Waals surface area contributed by atoms with E-state index in [-0.39, 0.29) is 19.4 Å². The minimum absolute atomic E-state index is 0.0630. The second-order valence-corrected chi connectivity index (χ2v) is 4.98. The summed E-state index contributed by atoms with van der Waals surface area (Å²) in [5.74, 6) is -1.18. The minimum atomic E-state index is -4.49. The molecule has 17 heavy (non-hydrogen) atoms. The first kappa shape index (κ1) is 13.6. The number of esters is 1. The van der Waals surface area contributed by atoms with Gasteiger partial charge >= 0.3 is 16.2 Å². The standard InChI is InChI=1S/C11H13FO4S/c12-17(14,15)8-4-7-11(13)16-9-10-5-2-1-3-6-10/h1-3,5-6H,4,7-9H2. The van der Waals surface area contributed by atoms with Crippen molar-refractivity contribution in [2.45, 2.75) is 19.4 Å². The van der Waals surface area contributed by atoms with Crippen molar-refractivity contribution in [2.75, 3.05) is 5.75 Å². The molecule has 1 rings (SSSR count).